The first-order valence-electron chi connectivity index (χ1n) is 1.98. The normalized spacial score (nSPS) is 6.75. The molecule has 0 aliphatic heterocycles. The van der Waals surface area contributed by atoms with Gasteiger partial charge >= 0.3 is 0 Å². The third-order valence-corrected chi connectivity index (χ3v) is 0.568. The zero-order valence-corrected chi connectivity index (χ0v) is 7.98. The monoisotopic (exact) mass is 187 g/mol. The van der Waals surface area contributed by atoms with Gasteiger partial charge in [-0.25, -0.2) is 0 Å². The first kappa shape index (κ1) is 11.2. The van der Waals surface area contributed by atoms with Crippen LogP contribution in [-0.4, -0.2) is 13.0 Å². The summed E-state index contributed by atoms with van der Waals surface area (Å²) in [5.74, 6) is -0.222. The number of hydrogen-bond donors (Lipinski definition) is 0. The summed E-state index contributed by atoms with van der Waals surface area (Å²) in [6.07, 6.45) is 0. The Hall–Kier alpha value is 0.314. The summed E-state index contributed by atoms with van der Waals surface area (Å²) in [4.78, 5) is 10.2. The SMILES string of the molecule is C=C(C)C(=O)[N-]C.[Y]. The molecule has 1 amide bonds. The molecule has 0 bridgehead atoms. The van der Waals surface area contributed by atoms with Gasteiger partial charge in [0.15, 0.2) is 0 Å². The van der Waals surface area contributed by atoms with E-state index in [1.54, 1.807) is 6.92 Å². The van der Waals surface area contributed by atoms with E-state index in [0.717, 1.165) is 0 Å². The van der Waals surface area contributed by atoms with Crippen molar-refractivity contribution in [3.8, 4) is 0 Å². The Labute approximate surface area is 74.6 Å². The quantitative estimate of drug-likeness (QED) is 0.565. The molecule has 8 heavy (non-hydrogen) atoms. The first-order chi connectivity index (χ1) is 3.18. The second-order valence-corrected chi connectivity index (χ2v) is 1.31. The average molecular weight is 187 g/mol. The van der Waals surface area contributed by atoms with Crippen molar-refractivity contribution in [2.45, 2.75) is 6.92 Å². The zero-order chi connectivity index (χ0) is 5.86. The van der Waals surface area contributed by atoms with Crippen LogP contribution in [0.1, 0.15) is 6.92 Å². The minimum atomic E-state index is -0.222. The molecule has 0 saturated carbocycles. The Balaban J connectivity index is 0. The molecule has 0 aromatic carbocycles. The third-order valence-electron chi connectivity index (χ3n) is 0.568. The number of amides is 1. The van der Waals surface area contributed by atoms with Crippen LogP contribution in [0.25, 0.3) is 5.32 Å². The van der Waals surface area contributed by atoms with E-state index >= 15 is 0 Å². The maximum Gasteiger partial charge on any atom is 0.0768 e. The summed E-state index contributed by atoms with van der Waals surface area (Å²) in [6.45, 7) is 5.02. The van der Waals surface area contributed by atoms with Gasteiger partial charge in [0.2, 0.25) is 0 Å². The molecular formula is C5H8NOY-. The van der Waals surface area contributed by atoms with Crippen molar-refractivity contribution in [2.75, 3.05) is 7.05 Å². The molecular weight excluding hydrogens is 179 g/mol. The molecule has 0 aromatic heterocycles. The number of likely N-dealkylation sites (N-methyl/N-ethyl adjacent to an activating group) is 1. The van der Waals surface area contributed by atoms with Gasteiger partial charge in [0.1, 0.15) is 0 Å². The van der Waals surface area contributed by atoms with Crippen molar-refractivity contribution in [1.29, 1.82) is 0 Å². The second-order valence-electron chi connectivity index (χ2n) is 1.31. The average Bonchev–Trinajstić information content (AvgIpc) is 1.65. The van der Waals surface area contributed by atoms with E-state index < -0.39 is 0 Å². The van der Waals surface area contributed by atoms with Gasteiger partial charge in [-0.05, 0) is 12.5 Å². The van der Waals surface area contributed by atoms with Crippen LogP contribution in [-0.2, 0) is 37.5 Å². The fraction of sp³-hybridized carbons (Fsp3) is 0.400. The minimum Gasteiger partial charge on any atom is -0.652 e. The number of hydrogen-bond acceptors (Lipinski definition) is 1. The molecule has 0 aliphatic carbocycles. The van der Waals surface area contributed by atoms with Gasteiger partial charge < -0.3 is 10.1 Å². The summed E-state index contributed by atoms with van der Waals surface area (Å²) >= 11 is 0. The minimum absolute atomic E-state index is 0. The van der Waals surface area contributed by atoms with Crippen LogP contribution in [0.5, 0.6) is 0 Å². The van der Waals surface area contributed by atoms with Crippen molar-refractivity contribution >= 4 is 5.91 Å². The van der Waals surface area contributed by atoms with Gasteiger partial charge in [0, 0.05) is 32.7 Å². The molecule has 0 aliphatic rings. The smallest absolute Gasteiger partial charge is 0.0768 e. The van der Waals surface area contributed by atoms with Gasteiger partial charge in [-0.1, -0.05) is 6.58 Å². The van der Waals surface area contributed by atoms with Crippen molar-refractivity contribution in [2.24, 2.45) is 0 Å². The fourth-order valence-corrected chi connectivity index (χ4v) is 0.191. The van der Waals surface area contributed by atoms with Crippen molar-refractivity contribution in [3.05, 3.63) is 17.5 Å². The van der Waals surface area contributed by atoms with Crippen LogP contribution in [0.4, 0.5) is 0 Å². The number of carbonyl (C=O) groups excluding carboxylic acids is 1. The zero-order valence-electron chi connectivity index (χ0n) is 5.14. The van der Waals surface area contributed by atoms with Crippen LogP contribution < -0.4 is 0 Å². The van der Waals surface area contributed by atoms with Crippen LogP contribution in [0.2, 0.25) is 0 Å². The summed E-state index contributed by atoms with van der Waals surface area (Å²) < 4.78 is 0. The van der Waals surface area contributed by atoms with Gasteiger partial charge in [-0.2, -0.15) is 0 Å². The van der Waals surface area contributed by atoms with E-state index in [9.17, 15) is 4.79 Å². The molecule has 0 rings (SSSR count). The maximum absolute atomic E-state index is 10.2. The Bertz CT molecular complexity index is 101. The summed E-state index contributed by atoms with van der Waals surface area (Å²) in [5.41, 5.74) is 0.488. The van der Waals surface area contributed by atoms with Gasteiger partial charge in [-0.3, -0.25) is 0 Å². The molecule has 0 fully saturated rings. The van der Waals surface area contributed by atoms with E-state index in [-0.39, 0.29) is 38.6 Å². The molecule has 0 N–H and O–H groups in total. The number of carbonyl (C=O) groups is 1. The molecule has 3 heteroatoms. The van der Waals surface area contributed by atoms with Gasteiger partial charge in [0.05, 0.1) is 5.91 Å². The topological polar surface area (TPSA) is 31.2 Å². The van der Waals surface area contributed by atoms with E-state index in [1.165, 1.54) is 7.05 Å². The molecule has 0 heterocycles. The molecule has 1 radical (unpaired) electrons. The predicted molar refractivity (Wildman–Crippen MR) is 29.1 cm³/mol. The largest absolute Gasteiger partial charge is 0.652 e. The van der Waals surface area contributed by atoms with Gasteiger partial charge in [-0.15, -0.1) is 7.05 Å². The van der Waals surface area contributed by atoms with Crippen molar-refractivity contribution in [1.82, 2.24) is 0 Å². The summed E-state index contributed by atoms with van der Waals surface area (Å²) in [5, 5.41) is 3.35. The van der Waals surface area contributed by atoms with Crippen LogP contribution in [0.15, 0.2) is 12.2 Å². The number of nitrogens with zero attached hydrogens (tertiary/aromatic N) is 1. The van der Waals surface area contributed by atoms with Crippen LogP contribution in [0.3, 0.4) is 0 Å². The van der Waals surface area contributed by atoms with E-state index in [1.807, 2.05) is 0 Å². The molecule has 0 saturated heterocycles. The van der Waals surface area contributed by atoms with E-state index in [4.69, 9.17) is 0 Å². The third kappa shape index (κ3) is 4.47. The molecule has 2 nitrogen and oxygen atoms in total. The van der Waals surface area contributed by atoms with Crippen molar-refractivity contribution in [3.63, 3.8) is 0 Å². The van der Waals surface area contributed by atoms with Crippen LogP contribution in [0, 0.1) is 0 Å². The molecule has 0 unspecified atom stereocenters. The Morgan fingerprint density at radius 1 is 1.62 bits per heavy atom. The standard InChI is InChI=1S/C5H9NO.Y/c1-4(2)5(7)6-3;/h1H2,2-3H3,(H,6,7);/p-1. The molecule has 0 aromatic rings. The predicted octanol–water partition coefficient (Wildman–Crippen LogP) is 1.09. The molecule has 0 atom stereocenters. The Kier molecular flexibility index (Phi) is 7.60. The fourth-order valence-electron chi connectivity index (χ4n) is 0.191. The van der Waals surface area contributed by atoms with E-state index in [2.05, 4.69) is 11.9 Å². The number of rotatable bonds is 1. The second kappa shape index (κ2) is 5.45. The van der Waals surface area contributed by atoms with E-state index in [0.29, 0.717) is 5.57 Å². The summed E-state index contributed by atoms with van der Waals surface area (Å²) in [6, 6.07) is 0. The summed E-state index contributed by atoms with van der Waals surface area (Å²) in [7, 11) is 1.46. The Morgan fingerprint density at radius 2 is 2.00 bits per heavy atom. The maximum atomic E-state index is 10.2. The van der Waals surface area contributed by atoms with Crippen molar-refractivity contribution < 1.29 is 37.5 Å². The molecule has 0 spiro atoms. The molecule has 43 valence electrons. The first-order valence-corrected chi connectivity index (χ1v) is 1.98. The van der Waals surface area contributed by atoms with Crippen LogP contribution >= 0.6 is 0 Å². The van der Waals surface area contributed by atoms with Gasteiger partial charge in [0.25, 0.3) is 0 Å². The Morgan fingerprint density at radius 3 is 2.00 bits per heavy atom.